The van der Waals surface area contributed by atoms with Crippen LogP contribution in [0.25, 0.3) is 0 Å². The van der Waals surface area contributed by atoms with Gasteiger partial charge in [-0.3, -0.25) is 4.79 Å². The molecule has 17 heavy (non-hydrogen) atoms. The topological polar surface area (TPSA) is 26.3 Å². The van der Waals surface area contributed by atoms with Crippen LogP contribution in [0.1, 0.15) is 38.2 Å². The van der Waals surface area contributed by atoms with E-state index < -0.39 is 0 Å². The van der Waals surface area contributed by atoms with Crippen LogP contribution in [0.15, 0.2) is 28.7 Å². The van der Waals surface area contributed by atoms with E-state index in [1.807, 2.05) is 12.1 Å². The van der Waals surface area contributed by atoms with Gasteiger partial charge in [-0.05, 0) is 37.0 Å². The van der Waals surface area contributed by atoms with Crippen LogP contribution in [0.5, 0.6) is 0 Å². The maximum Gasteiger partial charge on any atom is 0.305 e. The molecule has 0 atom stereocenters. The summed E-state index contributed by atoms with van der Waals surface area (Å²) in [5, 5.41) is 0. The molecule has 0 fully saturated rings. The van der Waals surface area contributed by atoms with Gasteiger partial charge in [0.25, 0.3) is 0 Å². The predicted octanol–water partition coefficient (Wildman–Crippen LogP) is 4.12. The Hall–Kier alpha value is -0.830. The molecular formula is C14H19BrO2. The molecule has 0 radical (unpaired) electrons. The van der Waals surface area contributed by atoms with Crippen LogP contribution in [-0.4, -0.2) is 12.6 Å². The van der Waals surface area contributed by atoms with Gasteiger partial charge in [-0.1, -0.05) is 41.4 Å². The second-order valence-electron chi connectivity index (χ2n) is 4.05. The van der Waals surface area contributed by atoms with Crippen LogP contribution in [-0.2, 0) is 16.0 Å². The van der Waals surface area contributed by atoms with Crippen molar-refractivity contribution in [2.24, 2.45) is 0 Å². The molecule has 0 spiro atoms. The molecule has 94 valence electrons. The zero-order chi connectivity index (χ0) is 12.5. The van der Waals surface area contributed by atoms with Crippen LogP contribution in [0.4, 0.5) is 0 Å². The first-order valence-corrected chi connectivity index (χ1v) is 6.91. The Bertz CT molecular complexity index is 333. The average Bonchev–Trinajstić information content (AvgIpc) is 2.32. The molecule has 2 nitrogen and oxygen atoms in total. The lowest BCUT2D eigenvalue weighted by Crippen LogP contribution is -2.05. The summed E-state index contributed by atoms with van der Waals surface area (Å²) in [5.74, 6) is -0.0736. The van der Waals surface area contributed by atoms with Gasteiger partial charge >= 0.3 is 5.97 Å². The predicted molar refractivity (Wildman–Crippen MR) is 72.9 cm³/mol. The molecule has 1 aromatic carbocycles. The van der Waals surface area contributed by atoms with Crippen molar-refractivity contribution in [1.29, 1.82) is 0 Å². The van der Waals surface area contributed by atoms with E-state index in [0.29, 0.717) is 13.0 Å². The van der Waals surface area contributed by atoms with Crippen molar-refractivity contribution in [1.82, 2.24) is 0 Å². The Kier molecular flexibility index (Phi) is 6.94. The summed E-state index contributed by atoms with van der Waals surface area (Å²) >= 11 is 3.40. The Morgan fingerprint density at radius 1 is 1.24 bits per heavy atom. The van der Waals surface area contributed by atoms with E-state index in [4.69, 9.17) is 4.74 Å². The minimum Gasteiger partial charge on any atom is -0.466 e. The van der Waals surface area contributed by atoms with Gasteiger partial charge < -0.3 is 4.74 Å². The Morgan fingerprint density at radius 3 is 2.59 bits per heavy atom. The van der Waals surface area contributed by atoms with Crippen molar-refractivity contribution >= 4 is 21.9 Å². The van der Waals surface area contributed by atoms with E-state index in [1.54, 1.807) is 0 Å². The van der Waals surface area contributed by atoms with E-state index in [0.717, 1.165) is 30.2 Å². The largest absolute Gasteiger partial charge is 0.466 e. The number of unbranched alkanes of at least 4 members (excludes halogenated alkanes) is 1. The molecule has 0 N–H and O–H groups in total. The maximum absolute atomic E-state index is 11.3. The second kappa shape index (κ2) is 8.29. The van der Waals surface area contributed by atoms with Crippen molar-refractivity contribution < 1.29 is 9.53 Å². The number of aryl methyl sites for hydroxylation is 1. The Balaban J connectivity index is 2.14. The molecule has 0 heterocycles. The highest BCUT2D eigenvalue weighted by molar-refractivity contribution is 9.10. The molecular weight excluding hydrogens is 280 g/mol. The van der Waals surface area contributed by atoms with Crippen LogP contribution < -0.4 is 0 Å². The molecule has 0 amide bonds. The normalized spacial score (nSPS) is 10.2. The highest BCUT2D eigenvalue weighted by Gasteiger charge is 2.02. The van der Waals surface area contributed by atoms with Gasteiger partial charge in [0.05, 0.1) is 6.61 Å². The zero-order valence-electron chi connectivity index (χ0n) is 10.2. The molecule has 0 aliphatic heterocycles. The van der Waals surface area contributed by atoms with Crippen LogP contribution in [0, 0.1) is 0 Å². The molecule has 0 unspecified atom stereocenters. The summed E-state index contributed by atoms with van der Waals surface area (Å²) in [6.07, 6.45) is 4.31. The monoisotopic (exact) mass is 298 g/mol. The number of benzene rings is 1. The SMILES string of the molecule is CCCCOC(=O)CCCc1ccc(Br)cc1. The van der Waals surface area contributed by atoms with E-state index in [2.05, 4.69) is 35.0 Å². The molecule has 0 aromatic heterocycles. The number of hydrogen-bond acceptors (Lipinski definition) is 2. The Labute approximate surface area is 111 Å². The summed E-state index contributed by atoms with van der Waals surface area (Å²) < 4.78 is 6.18. The number of halogens is 1. The molecule has 0 aliphatic carbocycles. The van der Waals surface area contributed by atoms with Crippen LogP contribution in [0.3, 0.4) is 0 Å². The lowest BCUT2D eigenvalue weighted by molar-refractivity contribution is -0.143. The smallest absolute Gasteiger partial charge is 0.305 e. The second-order valence-corrected chi connectivity index (χ2v) is 4.97. The first kappa shape index (κ1) is 14.2. The summed E-state index contributed by atoms with van der Waals surface area (Å²) in [7, 11) is 0. The first-order chi connectivity index (χ1) is 8.22. The summed E-state index contributed by atoms with van der Waals surface area (Å²) in [5.41, 5.74) is 1.26. The van der Waals surface area contributed by atoms with Crippen molar-refractivity contribution in [3.05, 3.63) is 34.3 Å². The standard InChI is InChI=1S/C14H19BrO2/c1-2-3-11-17-14(16)6-4-5-12-7-9-13(15)10-8-12/h7-10H,2-6,11H2,1H3. The van der Waals surface area contributed by atoms with Gasteiger partial charge in [-0.15, -0.1) is 0 Å². The summed E-state index contributed by atoms with van der Waals surface area (Å²) in [6.45, 7) is 2.65. The van der Waals surface area contributed by atoms with Gasteiger partial charge in [0, 0.05) is 10.9 Å². The quantitative estimate of drug-likeness (QED) is 0.559. The minimum atomic E-state index is -0.0736. The number of carbonyl (C=O) groups excluding carboxylic acids is 1. The summed E-state index contributed by atoms with van der Waals surface area (Å²) in [6, 6.07) is 8.20. The number of carbonyl (C=O) groups is 1. The van der Waals surface area contributed by atoms with E-state index in [1.165, 1.54) is 5.56 Å². The van der Waals surface area contributed by atoms with Gasteiger partial charge in [-0.2, -0.15) is 0 Å². The lowest BCUT2D eigenvalue weighted by Gasteiger charge is -2.04. The van der Waals surface area contributed by atoms with Gasteiger partial charge in [0.1, 0.15) is 0 Å². The summed E-state index contributed by atoms with van der Waals surface area (Å²) in [4.78, 5) is 11.3. The third kappa shape index (κ3) is 6.47. The molecule has 0 saturated carbocycles. The molecule has 3 heteroatoms. The van der Waals surface area contributed by atoms with Crippen molar-refractivity contribution in [3.63, 3.8) is 0 Å². The maximum atomic E-state index is 11.3. The van der Waals surface area contributed by atoms with Crippen molar-refractivity contribution in [3.8, 4) is 0 Å². The van der Waals surface area contributed by atoms with Crippen LogP contribution in [0.2, 0.25) is 0 Å². The highest BCUT2D eigenvalue weighted by Crippen LogP contribution is 2.12. The highest BCUT2D eigenvalue weighted by atomic mass is 79.9. The van der Waals surface area contributed by atoms with E-state index in [9.17, 15) is 4.79 Å². The number of rotatable bonds is 7. The van der Waals surface area contributed by atoms with Crippen molar-refractivity contribution in [2.75, 3.05) is 6.61 Å². The fourth-order valence-electron chi connectivity index (χ4n) is 1.49. The molecule has 0 saturated heterocycles. The number of ether oxygens (including phenoxy) is 1. The Morgan fingerprint density at radius 2 is 1.94 bits per heavy atom. The van der Waals surface area contributed by atoms with Gasteiger partial charge in [0.2, 0.25) is 0 Å². The lowest BCUT2D eigenvalue weighted by atomic mass is 10.1. The molecule has 0 bridgehead atoms. The van der Waals surface area contributed by atoms with Crippen molar-refractivity contribution in [2.45, 2.75) is 39.0 Å². The van der Waals surface area contributed by atoms with Gasteiger partial charge in [-0.25, -0.2) is 0 Å². The third-order valence-electron chi connectivity index (χ3n) is 2.52. The van der Waals surface area contributed by atoms with Gasteiger partial charge in [0.15, 0.2) is 0 Å². The fourth-order valence-corrected chi connectivity index (χ4v) is 1.75. The average molecular weight is 299 g/mol. The molecule has 1 rings (SSSR count). The molecule has 1 aromatic rings. The molecule has 0 aliphatic rings. The van der Waals surface area contributed by atoms with E-state index in [-0.39, 0.29) is 5.97 Å². The number of esters is 1. The zero-order valence-corrected chi connectivity index (χ0v) is 11.8. The van der Waals surface area contributed by atoms with Crippen LogP contribution >= 0.6 is 15.9 Å². The minimum absolute atomic E-state index is 0.0736. The third-order valence-corrected chi connectivity index (χ3v) is 3.05. The number of hydrogen-bond donors (Lipinski definition) is 0. The fraction of sp³-hybridized carbons (Fsp3) is 0.500. The van der Waals surface area contributed by atoms with E-state index >= 15 is 0 Å². The first-order valence-electron chi connectivity index (χ1n) is 6.12.